The molecule has 0 aromatic heterocycles. The van der Waals surface area contributed by atoms with Crippen molar-refractivity contribution < 1.29 is 0 Å². The Hall–Kier alpha value is -1.01. The molecule has 1 aromatic carbocycles. The van der Waals surface area contributed by atoms with Gasteiger partial charge in [0.15, 0.2) is 0 Å². The summed E-state index contributed by atoms with van der Waals surface area (Å²) in [4.78, 5) is 3.75. The minimum atomic E-state index is 0.481. The van der Waals surface area contributed by atoms with Crippen LogP contribution in [0.3, 0.4) is 0 Å². The molecule has 1 rings (SSSR count). The molecule has 0 unspecified atom stereocenters. The van der Waals surface area contributed by atoms with Crippen LogP contribution >= 0.6 is 28.1 Å². The second kappa shape index (κ2) is 4.13. The van der Waals surface area contributed by atoms with Gasteiger partial charge in [-0.3, -0.25) is 0 Å². The van der Waals surface area contributed by atoms with Crippen LogP contribution in [-0.4, -0.2) is 5.16 Å². The number of benzene rings is 1. The van der Waals surface area contributed by atoms with Gasteiger partial charge >= 0.3 is 0 Å². The fourth-order valence-corrected chi connectivity index (χ4v) is 1.31. The van der Waals surface area contributed by atoms with E-state index < -0.39 is 0 Å². The molecule has 1 aromatic rings. The third-order valence-corrected chi connectivity index (χ3v) is 2.02. The predicted molar refractivity (Wildman–Crippen MR) is 53.5 cm³/mol. The van der Waals surface area contributed by atoms with E-state index in [1.165, 1.54) is 0 Å². The summed E-state index contributed by atoms with van der Waals surface area (Å²) in [6.07, 6.45) is 0. The maximum absolute atomic E-state index is 8.72. The van der Waals surface area contributed by atoms with Crippen molar-refractivity contribution in [3.8, 4) is 6.07 Å². The Morgan fingerprint density at radius 3 is 2.83 bits per heavy atom. The molecule has 0 amide bonds. The topological polar surface area (TPSA) is 36.1 Å². The van der Waals surface area contributed by atoms with E-state index in [4.69, 9.17) is 5.26 Å². The van der Waals surface area contributed by atoms with Crippen molar-refractivity contribution in [3.05, 3.63) is 28.2 Å². The lowest BCUT2D eigenvalue weighted by Crippen LogP contribution is -1.77. The van der Waals surface area contributed by atoms with Gasteiger partial charge in [-0.15, -0.1) is 0 Å². The van der Waals surface area contributed by atoms with Crippen LogP contribution in [0.25, 0.3) is 0 Å². The smallest absolute Gasteiger partial charge is 0.103 e. The first-order chi connectivity index (χ1) is 5.79. The molecule has 0 aliphatic carbocycles. The number of rotatable bonds is 1. The van der Waals surface area contributed by atoms with Crippen LogP contribution < -0.4 is 0 Å². The Morgan fingerprint density at radius 2 is 2.25 bits per heavy atom. The fraction of sp³-hybridized carbons (Fsp3) is 0. The molecule has 0 spiro atoms. The Kier molecular flexibility index (Phi) is 3.12. The van der Waals surface area contributed by atoms with Gasteiger partial charge in [-0.05, 0) is 40.3 Å². The van der Waals surface area contributed by atoms with Crippen molar-refractivity contribution in [1.82, 2.24) is 0 Å². The highest BCUT2D eigenvalue weighted by atomic mass is 79.9. The summed E-state index contributed by atoms with van der Waals surface area (Å²) in [5, 5.41) is 10.9. The van der Waals surface area contributed by atoms with E-state index in [0.29, 0.717) is 11.3 Å². The van der Waals surface area contributed by atoms with Gasteiger partial charge in [0.2, 0.25) is 0 Å². The molecule has 0 heterocycles. The largest absolute Gasteiger partial charge is 0.193 e. The quantitative estimate of drug-likeness (QED) is 0.557. The average molecular weight is 239 g/mol. The highest BCUT2D eigenvalue weighted by Gasteiger charge is 2.03. The second-order valence-corrected chi connectivity index (χ2v) is 2.99. The van der Waals surface area contributed by atoms with Crippen LogP contribution in [0.1, 0.15) is 5.56 Å². The van der Waals surface area contributed by atoms with Crippen molar-refractivity contribution in [2.24, 2.45) is 4.99 Å². The summed E-state index contributed by atoms with van der Waals surface area (Å²) in [7, 11) is 0. The minimum Gasteiger partial charge on any atom is -0.193 e. The van der Waals surface area contributed by atoms with Crippen LogP contribution in [0, 0.1) is 11.3 Å². The van der Waals surface area contributed by atoms with Crippen molar-refractivity contribution in [2.45, 2.75) is 0 Å². The maximum Gasteiger partial charge on any atom is 0.103 e. The number of hydrogen-bond acceptors (Lipinski definition) is 3. The van der Waals surface area contributed by atoms with E-state index in [2.05, 4.69) is 38.3 Å². The molecule has 0 saturated carbocycles. The summed E-state index contributed by atoms with van der Waals surface area (Å²) in [6, 6.07) is 7.30. The molecular formula is C8H3BrN2S. The van der Waals surface area contributed by atoms with E-state index in [1.54, 1.807) is 18.2 Å². The van der Waals surface area contributed by atoms with Gasteiger partial charge in [0.25, 0.3) is 0 Å². The fourth-order valence-electron chi connectivity index (χ4n) is 0.766. The number of isothiocyanates is 1. The molecule has 58 valence electrons. The molecule has 2 nitrogen and oxygen atoms in total. The van der Waals surface area contributed by atoms with Gasteiger partial charge in [-0.1, -0.05) is 6.07 Å². The first kappa shape index (κ1) is 9.08. The Labute approximate surface area is 83.7 Å². The minimum absolute atomic E-state index is 0.481. The molecule has 0 atom stereocenters. The van der Waals surface area contributed by atoms with E-state index >= 15 is 0 Å². The van der Waals surface area contributed by atoms with Crippen LogP contribution in [0.15, 0.2) is 27.7 Å². The molecule has 0 fully saturated rings. The first-order valence-corrected chi connectivity index (χ1v) is 4.26. The summed E-state index contributed by atoms with van der Waals surface area (Å²) < 4.78 is 0.719. The number of aliphatic imine (C=N–C) groups is 1. The Bertz CT molecular complexity index is 389. The van der Waals surface area contributed by atoms with Gasteiger partial charge in [0.05, 0.1) is 16.4 Å². The van der Waals surface area contributed by atoms with E-state index in [0.717, 1.165) is 4.47 Å². The molecule has 0 bridgehead atoms. The van der Waals surface area contributed by atoms with E-state index in [9.17, 15) is 0 Å². The number of halogens is 1. The van der Waals surface area contributed by atoms with Gasteiger partial charge < -0.3 is 0 Å². The van der Waals surface area contributed by atoms with Crippen molar-refractivity contribution in [1.29, 1.82) is 5.26 Å². The number of hydrogen-bond donors (Lipinski definition) is 0. The van der Waals surface area contributed by atoms with Crippen molar-refractivity contribution >= 4 is 39.0 Å². The molecule has 4 heteroatoms. The summed E-state index contributed by atoms with van der Waals surface area (Å²) in [5.74, 6) is 0. The summed E-state index contributed by atoms with van der Waals surface area (Å²) in [5.41, 5.74) is 1.02. The average Bonchev–Trinajstić information content (AvgIpc) is 2.05. The second-order valence-electron chi connectivity index (χ2n) is 1.95. The molecule has 0 N–H and O–H groups in total. The first-order valence-electron chi connectivity index (χ1n) is 3.06. The predicted octanol–water partition coefficient (Wildman–Crippen LogP) is 3.06. The Balaban J connectivity index is 3.39. The number of nitriles is 1. The molecule has 0 aliphatic heterocycles. The van der Waals surface area contributed by atoms with Crippen LogP contribution in [0.2, 0.25) is 0 Å². The van der Waals surface area contributed by atoms with Gasteiger partial charge in [0, 0.05) is 4.47 Å². The highest BCUT2D eigenvalue weighted by molar-refractivity contribution is 9.10. The number of thiocarbonyl (C=S) groups is 1. The van der Waals surface area contributed by atoms with Crippen LogP contribution in [0.4, 0.5) is 5.69 Å². The van der Waals surface area contributed by atoms with Gasteiger partial charge in [0.1, 0.15) is 6.07 Å². The highest BCUT2D eigenvalue weighted by Crippen LogP contribution is 2.25. The SMILES string of the molecule is N#Cc1c(Br)cccc1N=C=S. The normalized spacial score (nSPS) is 8.33. The standard InChI is InChI=1S/C8H3BrN2S/c9-7-2-1-3-8(11-5-12)6(7)4-10/h1-3H. The maximum atomic E-state index is 8.72. The zero-order chi connectivity index (χ0) is 8.97. The summed E-state index contributed by atoms with van der Waals surface area (Å²) >= 11 is 7.68. The number of nitrogens with zero attached hydrogens (tertiary/aromatic N) is 2. The molecule has 0 radical (unpaired) electrons. The summed E-state index contributed by atoms with van der Waals surface area (Å²) in [6.45, 7) is 0. The molecule has 0 aliphatic rings. The molecule has 0 saturated heterocycles. The third kappa shape index (κ3) is 1.77. The molecular weight excluding hydrogens is 236 g/mol. The van der Waals surface area contributed by atoms with Crippen LogP contribution in [0.5, 0.6) is 0 Å². The van der Waals surface area contributed by atoms with Crippen molar-refractivity contribution in [3.63, 3.8) is 0 Å². The lowest BCUT2D eigenvalue weighted by molar-refractivity contribution is 1.43. The van der Waals surface area contributed by atoms with E-state index in [-0.39, 0.29) is 0 Å². The van der Waals surface area contributed by atoms with Crippen LogP contribution in [-0.2, 0) is 0 Å². The zero-order valence-electron chi connectivity index (χ0n) is 5.91. The van der Waals surface area contributed by atoms with Crippen molar-refractivity contribution in [2.75, 3.05) is 0 Å². The zero-order valence-corrected chi connectivity index (χ0v) is 8.32. The molecule has 12 heavy (non-hydrogen) atoms. The third-order valence-electron chi connectivity index (χ3n) is 1.27. The monoisotopic (exact) mass is 238 g/mol. The lowest BCUT2D eigenvalue weighted by atomic mass is 10.2. The van der Waals surface area contributed by atoms with E-state index in [1.807, 2.05) is 6.07 Å². The Morgan fingerprint density at radius 1 is 1.50 bits per heavy atom. The van der Waals surface area contributed by atoms with Gasteiger partial charge in [-0.25, -0.2) is 0 Å². The lowest BCUT2D eigenvalue weighted by Gasteiger charge is -1.96. The van der Waals surface area contributed by atoms with Gasteiger partial charge in [-0.2, -0.15) is 10.3 Å².